The largest absolute Gasteiger partial charge is 0.416 e. The molecule has 3 rings (SSSR count). The quantitative estimate of drug-likeness (QED) is 0.701. The van der Waals surface area contributed by atoms with Crippen LogP contribution < -0.4 is 0 Å². The molecule has 0 aliphatic heterocycles. The maximum absolute atomic E-state index is 12.9. The first-order chi connectivity index (χ1) is 12.4. The lowest BCUT2D eigenvalue weighted by Crippen LogP contribution is -2.13. The first-order valence-electron chi connectivity index (χ1n) is 8.30. The molecule has 0 saturated heterocycles. The standard InChI is InChI=1S/C19H19F3N2O2/c20-19(21,22)14-6-3-5-13(11-14)17(26)12-24-16-8-2-1-7-15(16)23-18(24)9-4-10-25/h1-3,5-8,11,17,25-26H,4,9-10,12H2. The van der Waals surface area contributed by atoms with Crippen molar-refractivity contribution in [3.8, 4) is 0 Å². The fourth-order valence-electron chi connectivity index (χ4n) is 2.96. The van der Waals surface area contributed by atoms with Gasteiger partial charge in [0.25, 0.3) is 0 Å². The molecule has 7 heteroatoms. The molecule has 0 bridgehead atoms. The molecule has 4 nitrogen and oxygen atoms in total. The molecular formula is C19H19F3N2O2. The van der Waals surface area contributed by atoms with Gasteiger partial charge >= 0.3 is 6.18 Å². The van der Waals surface area contributed by atoms with E-state index >= 15 is 0 Å². The smallest absolute Gasteiger partial charge is 0.396 e. The number of para-hydroxylation sites is 2. The number of aliphatic hydroxyl groups is 2. The number of hydrogen-bond donors (Lipinski definition) is 2. The molecular weight excluding hydrogens is 345 g/mol. The van der Waals surface area contributed by atoms with E-state index in [1.165, 1.54) is 12.1 Å². The Morgan fingerprint density at radius 3 is 2.58 bits per heavy atom. The number of fused-ring (bicyclic) bond motifs is 1. The van der Waals surface area contributed by atoms with Gasteiger partial charge in [-0.05, 0) is 36.2 Å². The van der Waals surface area contributed by atoms with Crippen molar-refractivity contribution in [3.63, 3.8) is 0 Å². The van der Waals surface area contributed by atoms with Crippen LogP contribution in [-0.4, -0.2) is 26.4 Å². The van der Waals surface area contributed by atoms with Crippen molar-refractivity contribution >= 4 is 11.0 Å². The first-order valence-corrected chi connectivity index (χ1v) is 8.30. The van der Waals surface area contributed by atoms with Crippen LogP contribution in [0.1, 0.15) is 29.5 Å². The number of hydrogen-bond acceptors (Lipinski definition) is 3. The van der Waals surface area contributed by atoms with Crippen LogP contribution in [0.4, 0.5) is 13.2 Å². The molecule has 0 spiro atoms. The second-order valence-electron chi connectivity index (χ2n) is 6.09. The summed E-state index contributed by atoms with van der Waals surface area (Å²) < 4.78 is 40.5. The van der Waals surface area contributed by atoms with Crippen molar-refractivity contribution in [1.82, 2.24) is 9.55 Å². The van der Waals surface area contributed by atoms with Crippen molar-refractivity contribution in [2.45, 2.75) is 31.7 Å². The van der Waals surface area contributed by atoms with Crippen LogP contribution in [0.2, 0.25) is 0 Å². The molecule has 2 aromatic carbocycles. The highest BCUT2D eigenvalue weighted by Crippen LogP contribution is 2.31. The van der Waals surface area contributed by atoms with Crippen LogP contribution in [0.25, 0.3) is 11.0 Å². The van der Waals surface area contributed by atoms with Crippen LogP contribution in [0.5, 0.6) is 0 Å². The first kappa shape index (κ1) is 18.4. The molecule has 138 valence electrons. The molecule has 0 amide bonds. The van der Waals surface area contributed by atoms with E-state index in [1.807, 2.05) is 24.3 Å². The predicted octanol–water partition coefficient (Wildman–Crippen LogP) is 3.71. The molecule has 26 heavy (non-hydrogen) atoms. The van der Waals surface area contributed by atoms with Crippen LogP contribution in [-0.2, 0) is 19.1 Å². The Labute approximate surface area is 148 Å². The van der Waals surface area contributed by atoms with E-state index in [1.54, 1.807) is 4.57 Å². The average molecular weight is 364 g/mol. The molecule has 1 atom stereocenters. The molecule has 3 aromatic rings. The van der Waals surface area contributed by atoms with Gasteiger partial charge in [-0.15, -0.1) is 0 Å². The Hall–Kier alpha value is -2.38. The molecule has 1 heterocycles. The summed E-state index contributed by atoms with van der Waals surface area (Å²) in [5, 5.41) is 19.6. The monoisotopic (exact) mass is 364 g/mol. The molecule has 0 radical (unpaired) electrons. The van der Waals surface area contributed by atoms with Gasteiger partial charge < -0.3 is 14.8 Å². The summed E-state index contributed by atoms with van der Waals surface area (Å²) >= 11 is 0. The van der Waals surface area contributed by atoms with Gasteiger partial charge in [0.1, 0.15) is 5.82 Å². The van der Waals surface area contributed by atoms with Gasteiger partial charge in [0.05, 0.1) is 29.2 Å². The van der Waals surface area contributed by atoms with Gasteiger partial charge in [-0.2, -0.15) is 13.2 Å². The number of aromatic nitrogens is 2. The number of alkyl halides is 3. The fraction of sp³-hybridized carbons (Fsp3) is 0.316. The number of aryl methyl sites for hydroxylation is 1. The number of nitrogens with zero attached hydrogens (tertiary/aromatic N) is 2. The second-order valence-corrected chi connectivity index (χ2v) is 6.09. The normalized spacial score (nSPS) is 13.3. The van der Waals surface area contributed by atoms with Gasteiger partial charge in [0.2, 0.25) is 0 Å². The Kier molecular flexibility index (Phi) is 5.29. The van der Waals surface area contributed by atoms with Gasteiger partial charge in [-0.1, -0.05) is 24.3 Å². The highest BCUT2D eigenvalue weighted by Gasteiger charge is 2.31. The SMILES string of the molecule is OCCCc1nc2ccccc2n1CC(O)c1cccc(C(F)(F)F)c1. The van der Waals surface area contributed by atoms with Gasteiger partial charge in [0.15, 0.2) is 0 Å². The summed E-state index contributed by atoms with van der Waals surface area (Å²) in [7, 11) is 0. The van der Waals surface area contributed by atoms with E-state index in [9.17, 15) is 18.3 Å². The summed E-state index contributed by atoms with van der Waals surface area (Å²) in [6.45, 7) is 0.0992. The molecule has 1 unspecified atom stereocenters. The Balaban J connectivity index is 1.93. The third-order valence-corrected chi connectivity index (χ3v) is 4.25. The van der Waals surface area contributed by atoms with Crippen LogP contribution >= 0.6 is 0 Å². The summed E-state index contributed by atoms with van der Waals surface area (Å²) in [4.78, 5) is 4.51. The zero-order valence-electron chi connectivity index (χ0n) is 13.9. The van der Waals surface area contributed by atoms with Crippen molar-refractivity contribution in [1.29, 1.82) is 0 Å². The highest BCUT2D eigenvalue weighted by molar-refractivity contribution is 5.75. The number of aliphatic hydroxyl groups excluding tert-OH is 2. The summed E-state index contributed by atoms with van der Waals surface area (Å²) in [6.07, 6.45) is -4.53. The summed E-state index contributed by atoms with van der Waals surface area (Å²) in [5.74, 6) is 0.686. The van der Waals surface area contributed by atoms with E-state index in [4.69, 9.17) is 5.11 Å². The lowest BCUT2D eigenvalue weighted by molar-refractivity contribution is -0.137. The average Bonchev–Trinajstić information content (AvgIpc) is 2.97. The second kappa shape index (κ2) is 7.47. The summed E-state index contributed by atoms with van der Waals surface area (Å²) in [5.41, 5.74) is 0.957. The Morgan fingerprint density at radius 2 is 1.85 bits per heavy atom. The summed E-state index contributed by atoms with van der Waals surface area (Å²) in [6, 6.07) is 12.1. The van der Waals surface area contributed by atoms with Crippen molar-refractivity contribution in [2.24, 2.45) is 0 Å². The van der Waals surface area contributed by atoms with E-state index in [2.05, 4.69) is 4.98 Å². The zero-order chi connectivity index (χ0) is 18.7. The molecule has 2 N–H and O–H groups in total. The topological polar surface area (TPSA) is 58.3 Å². The minimum absolute atomic E-state index is 0.0133. The molecule has 0 aliphatic rings. The molecule has 0 aliphatic carbocycles. The Bertz CT molecular complexity index is 890. The van der Waals surface area contributed by atoms with E-state index in [0.717, 1.165) is 23.2 Å². The fourth-order valence-corrected chi connectivity index (χ4v) is 2.96. The van der Waals surface area contributed by atoms with Crippen LogP contribution in [0, 0.1) is 0 Å². The molecule has 0 saturated carbocycles. The number of halogens is 3. The van der Waals surface area contributed by atoms with Crippen molar-refractivity contribution in [2.75, 3.05) is 6.61 Å². The van der Waals surface area contributed by atoms with Gasteiger partial charge in [-0.25, -0.2) is 4.98 Å². The van der Waals surface area contributed by atoms with E-state index in [0.29, 0.717) is 18.7 Å². The van der Waals surface area contributed by atoms with Gasteiger partial charge in [0, 0.05) is 13.0 Å². The van der Waals surface area contributed by atoms with Gasteiger partial charge in [-0.3, -0.25) is 0 Å². The zero-order valence-corrected chi connectivity index (χ0v) is 13.9. The van der Waals surface area contributed by atoms with Crippen molar-refractivity contribution < 1.29 is 23.4 Å². The maximum Gasteiger partial charge on any atom is 0.416 e. The lowest BCUT2D eigenvalue weighted by Gasteiger charge is -2.16. The molecule has 0 fully saturated rings. The maximum atomic E-state index is 12.9. The third kappa shape index (κ3) is 3.89. The highest BCUT2D eigenvalue weighted by atomic mass is 19.4. The number of imidazole rings is 1. The molecule has 1 aromatic heterocycles. The minimum atomic E-state index is -4.45. The van der Waals surface area contributed by atoms with Crippen LogP contribution in [0.15, 0.2) is 48.5 Å². The van der Waals surface area contributed by atoms with Crippen molar-refractivity contribution in [3.05, 3.63) is 65.5 Å². The van der Waals surface area contributed by atoms with E-state index in [-0.39, 0.29) is 18.7 Å². The van der Waals surface area contributed by atoms with E-state index < -0.39 is 17.8 Å². The minimum Gasteiger partial charge on any atom is -0.396 e. The third-order valence-electron chi connectivity index (χ3n) is 4.25. The Morgan fingerprint density at radius 1 is 1.08 bits per heavy atom. The lowest BCUT2D eigenvalue weighted by atomic mass is 10.1. The number of rotatable bonds is 6. The van der Waals surface area contributed by atoms with Crippen LogP contribution in [0.3, 0.4) is 0 Å². The number of benzene rings is 2. The predicted molar refractivity (Wildman–Crippen MR) is 91.5 cm³/mol.